The van der Waals surface area contributed by atoms with Gasteiger partial charge in [0.25, 0.3) is 0 Å². The molecular formula is C19H16ClN5OS2. The zero-order chi connectivity index (χ0) is 19.5. The number of benzene rings is 1. The smallest absolute Gasteiger partial charge is 0.231 e. The summed E-state index contributed by atoms with van der Waals surface area (Å²) in [5.41, 5.74) is 4.23. The number of anilines is 1. The van der Waals surface area contributed by atoms with Crippen LogP contribution in [0, 0.1) is 6.92 Å². The maximum atomic E-state index is 12.3. The van der Waals surface area contributed by atoms with E-state index in [1.807, 2.05) is 36.6 Å². The summed E-state index contributed by atoms with van der Waals surface area (Å²) in [7, 11) is 0. The first-order valence-corrected chi connectivity index (χ1v) is 10.7. The van der Waals surface area contributed by atoms with Crippen LogP contribution in [0.3, 0.4) is 0 Å². The second-order valence-corrected chi connectivity index (χ2v) is 8.47. The van der Waals surface area contributed by atoms with Crippen LogP contribution in [0.1, 0.15) is 16.3 Å². The first-order valence-electron chi connectivity index (χ1n) is 8.49. The molecule has 0 atom stereocenters. The van der Waals surface area contributed by atoms with Crippen molar-refractivity contribution < 1.29 is 4.79 Å². The van der Waals surface area contributed by atoms with Gasteiger partial charge in [-0.05, 0) is 24.6 Å². The molecule has 0 saturated heterocycles. The molecule has 4 rings (SSSR count). The summed E-state index contributed by atoms with van der Waals surface area (Å²) in [6.45, 7) is 1.97. The Kier molecular flexibility index (Phi) is 5.61. The molecule has 0 aliphatic rings. The van der Waals surface area contributed by atoms with Gasteiger partial charge in [-0.3, -0.25) is 4.79 Å². The summed E-state index contributed by atoms with van der Waals surface area (Å²) in [6.07, 6.45) is 1.84. The number of hydrogen-bond acceptors (Lipinski definition) is 6. The summed E-state index contributed by atoms with van der Waals surface area (Å²) in [6, 6.07) is 9.52. The minimum atomic E-state index is -0.0666. The molecule has 0 bridgehead atoms. The molecule has 9 heteroatoms. The summed E-state index contributed by atoms with van der Waals surface area (Å²) in [5, 5.41) is 7.03. The maximum absolute atomic E-state index is 12.3. The van der Waals surface area contributed by atoms with E-state index in [1.165, 1.54) is 23.1 Å². The normalized spacial score (nSPS) is 11.1. The molecular weight excluding hydrogens is 414 g/mol. The number of nitrogens with one attached hydrogen (secondary N) is 2. The van der Waals surface area contributed by atoms with Gasteiger partial charge in [-0.2, -0.15) is 0 Å². The van der Waals surface area contributed by atoms with Gasteiger partial charge in [0.15, 0.2) is 10.8 Å². The first-order chi connectivity index (χ1) is 13.6. The number of aromatic nitrogens is 4. The highest BCUT2D eigenvalue weighted by Gasteiger charge is 2.11. The van der Waals surface area contributed by atoms with Crippen LogP contribution in [0.4, 0.5) is 5.69 Å². The molecule has 0 aliphatic carbocycles. The molecule has 3 aromatic heterocycles. The number of carbonyl (C=O) groups excluding carboxylic acids is 1. The maximum Gasteiger partial charge on any atom is 0.231 e. The van der Waals surface area contributed by atoms with Crippen molar-refractivity contribution in [1.82, 2.24) is 19.9 Å². The Morgan fingerprint density at radius 1 is 1.32 bits per heavy atom. The Labute approximate surface area is 174 Å². The molecule has 1 aromatic carbocycles. The van der Waals surface area contributed by atoms with Gasteiger partial charge >= 0.3 is 0 Å². The number of fused-ring (bicyclic) bond motifs is 1. The summed E-state index contributed by atoms with van der Waals surface area (Å²) >= 11 is 8.97. The Morgan fingerprint density at radius 3 is 3.04 bits per heavy atom. The van der Waals surface area contributed by atoms with Crippen LogP contribution in [0.15, 0.2) is 47.1 Å². The lowest BCUT2D eigenvalue weighted by Gasteiger charge is -2.06. The highest BCUT2D eigenvalue weighted by Crippen LogP contribution is 2.24. The third-order valence-electron chi connectivity index (χ3n) is 3.97. The number of halogens is 1. The van der Waals surface area contributed by atoms with Gasteiger partial charge in [0.1, 0.15) is 5.01 Å². The molecule has 0 fully saturated rings. The fourth-order valence-electron chi connectivity index (χ4n) is 2.60. The van der Waals surface area contributed by atoms with Crippen molar-refractivity contribution in [2.24, 2.45) is 0 Å². The quantitative estimate of drug-likeness (QED) is 0.428. The zero-order valence-corrected chi connectivity index (χ0v) is 17.3. The lowest BCUT2D eigenvalue weighted by molar-refractivity contribution is -0.115. The number of aromatic amines is 1. The molecule has 28 heavy (non-hydrogen) atoms. The molecule has 2 N–H and O–H groups in total. The van der Waals surface area contributed by atoms with E-state index < -0.39 is 0 Å². The van der Waals surface area contributed by atoms with Crippen LogP contribution in [0.5, 0.6) is 0 Å². The van der Waals surface area contributed by atoms with Crippen molar-refractivity contribution in [3.8, 4) is 0 Å². The zero-order valence-electron chi connectivity index (χ0n) is 14.9. The predicted molar refractivity (Wildman–Crippen MR) is 114 cm³/mol. The van der Waals surface area contributed by atoms with Gasteiger partial charge in [0.2, 0.25) is 5.91 Å². The van der Waals surface area contributed by atoms with Crippen molar-refractivity contribution in [1.29, 1.82) is 0 Å². The second-order valence-electron chi connectivity index (χ2n) is 6.13. The topological polar surface area (TPSA) is 83.6 Å². The first kappa shape index (κ1) is 18.9. The summed E-state index contributed by atoms with van der Waals surface area (Å²) in [5.74, 6) is 0.590. The largest absolute Gasteiger partial charge is 0.331 e. The van der Waals surface area contributed by atoms with Crippen molar-refractivity contribution in [3.05, 3.63) is 63.2 Å². The number of para-hydroxylation sites is 1. The number of rotatable bonds is 6. The van der Waals surface area contributed by atoms with Crippen LogP contribution in [-0.2, 0) is 17.0 Å². The fourth-order valence-corrected chi connectivity index (χ4v) is 4.43. The third-order valence-corrected chi connectivity index (χ3v) is 5.98. The van der Waals surface area contributed by atoms with Crippen molar-refractivity contribution in [2.75, 3.05) is 5.32 Å². The molecule has 1 amide bonds. The number of aryl methyl sites for hydroxylation is 1. The molecule has 0 unspecified atom stereocenters. The van der Waals surface area contributed by atoms with Crippen molar-refractivity contribution in [3.63, 3.8) is 0 Å². The number of pyridine rings is 1. The number of hydrogen-bond donors (Lipinski definition) is 2. The predicted octanol–water partition coefficient (Wildman–Crippen LogP) is 4.85. The lowest BCUT2D eigenvalue weighted by atomic mass is 10.2. The van der Waals surface area contributed by atoms with Gasteiger partial charge < -0.3 is 10.3 Å². The van der Waals surface area contributed by atoms with Crippen LogP contribution >= 0.6 is 34.7 Å². The number of carbonyl (C=O) groups is 1. The van der Waals surface area contributed by atoms with Gasteiger partial charge in [-0.15, -0.1) is 11.3 Å². The molecule has 3 heterocycles. The second kappa shape index (κ2) is 8.30. The van der Waals surface area contributed by atoms with E-state index in [2.05, 4.69) is 25.3 Å². The van der Waals surface area contributed by atoms with E-state index in [4.69, 9.17) is 11.6 Å². The molecule has 142 valence electrons. The number of thioether (sulfide) groups is 1. The van der Waals surface area contributed by atoms with Crippen LogP contribution in [-0.4, -0.2) is 25.8 Å². The summed E-state index contributed by atoms with van der Waals surface area (Å²) in [4.78, 5) is 28.6. The van der Waals surface area contributed by atoms with Gasteiger partial charge in [-0.25, -0.2) is 15.0 Å². The van der Waals surface area contributed by atoms with E-state index in [9.17, 15) is 4.79 Å². The number of imidazole rings is 1. The Bertz CT molecular complexity index is 1140. The van der Waals surface area contributed by atoms with Crippen LogP contribution < -0.4 is 5.32 Å². The van der Waals surface area contributed by atoms with Crippen LogP contribution in [0.2, 0.25) is 5.02 Å². The van der Waals surface area contributed by atoms with E-state index in [1.54, 1.807) is 12.3 Å². The van der Waals surface area contributed by atoms with Gasteiger partial charge in [0.05, 0.1) is 22.7 Å². The minimum Gasteiger partial charge on any atom is -0.331 e. The fraction of sp³-hybridized carbons (Fsp3) is 0.158. The van der Waals surface area contributed by atoms with E-state index in [0.717, 1.165) is 32.6 Å². The van der Waals surface area contributed by atoms with Crippen molar-refractivity contribution in [2.45, 2.75) is 24.3 Å². The Balaban J connectivity index is 1.34. The molecule has 0 aliphatic heterocycles. The van der Waals surface area contributed by atoms with E-state index in [-0.39, 0.29) is 12.3 Å². The average molecular weight is 430 g/mol. The third kappa shape index (κ3) is 4.52. The van der Waals surface area contributed by atoms with E-state index >= 15 is 0 Å². The molecule has 4 aromatic rings. The number of nitrogens with zero attached hydrogens (tertiary/aromatic N) is 3. The Hall–Kier alpha value is -2.42. The molecule has 6 nitrogen and oxygen atoms in total. The highest BCUT2D eigenvalue weighted by molar-refractivity contribution is 7.98. The van der Waals surface area contributed by atoms with Gasteiger partial charge in [0, 0.05) is 23.0 Å². The number of H-pyrrole nitrogens is 1. The Morgan fingerprint density at radius 2 is 2.18 bits per heavy atom. The van der Waals surface area contributed by atoms with E-state index in [0.29, 0.717) is 16.4 Å². The van der Waals surface area contributed by atoms with Gasteiger partial charge in [-0.1, -0.05) is 41.6 Å². The summed E-state index contributed by atoms with van der Waals surface area (Å²) < 4.78 is 0. The van der Waals surface area contributed by atoms with Crippen molar-refractivity contribution >= 4 is 57.5 Å². The molecule has 0 saturated carbocycles. The molecule has 0 spiro atoms. The standard InChI is InChI=1S/C19H16ClN5OS2/c1-11-4-2-3-5-14(11)23-16(26)7-17-22-13(9-27-17)10-28-19-24-15-6-12(20)8-21-18(15)25-19/h2-6,8-9H,7,10H2,1H3,(H,23,26)(H,21,24,25). The highest BCUT2D eigenvalue weighted by atomic mass is 35.5. The molecule has 0 radical (unpaired) electrons. The average Bonchev–Trinajstić information content (AvgIpc) is 3.27. The minimum absolute atomic E-state index is 0.0666. The van der Waals surface area contributed by atoms with Crippen LogP contribution in [0.25, 0.3) is 11.2 Å². The SMILES string of the molecule is Cc1ccccc1NC(=O)Cc1nc(CSc2nc3ncc(Cl)cc3[nH]2)cs1. The number of thiazole rings is 1. The monoisotopic (exact) mass is 429 g/mol. The lowest BCUT2D eigenvalue weighted by Crippen LogP contribution is -2.15. The number of amides is 1.